The molecule has 28 heavy (non-hydrogen) atoms. The monoisotopic (exact) mass is 372 g/mol. The molecule has 0 aliphatic carbocycles. The fraction of sp³-hybridized carbons (Fsp3) is 0.217. The van der Waals surface area contributed by atoms with E-state index in [-0.39, 0.29) is 5.91 Å². The molecule has 0 saturated heterocycles. The molecule has 0 radical (unpaired) electrons. The smallest absolute Gasteiger partial charge is 0.224 e. The van der Waals surface area contributed by atoms with E-state index in [9.17, 15) is 4.79 Å². The summed E-state index contributed by atoms with van der Waals surface area (Å²) < 4.78 is 2.13. The standard InChI is InChI=1S/C23H24N4O/c1-16(24)11-22-21(12-17-5-3-2-4-6-17)25-15-27(22)14-18-7-8-19-9-10-23(28)26-20(19)13-18/h2-8,13,15H,1,9-12,14,24H2,(H,26,28). The Kier molecular flexibility index (Phi) is 4.98. The maximum Gasteiger partial charge on any atom is 0.224 e. The summed E-state index contributed by atoms with van der Waals surface area (Å²) in [6, 6.07) is 16.6. The molecule has 5 heteroatoms. The third kappa shape index (κ3) is 3.98. The van der Waals surface area contributed by atoms with Gasteiger partial charge in [0.1, 0.15) is 0 Å². The highest BCUT2D eigenvalue weighted by Crippen LogP contribution is 2.25. The number of aryl methyl sites for hydroxylation is 1. The maximum absolute atomic E-state index is 11.7. The number of anilines is 1. The van der Waals surface area contributed by atoms with Crippen LogP contribution < -0.4 is 11.1 Å². The molecular formula is C23H24N4O. The van der Waals surface area contributed by atoms with Crippen LogP contribution in [0.5, 0.6) is 0 Å². The van der Waals surface area contributed by atoms with Crippen molar-refractivity contribution in [2.75, 3.05) is 5.32 Å². The number of hydrogen-bond donors (Lipinski definition) is 2. The minimum absolute atomic E-state index is 0.0811. The number of imidazole rings is 1. The molecule has 3 aromatic rings. The average molecular weight is 372 g/mol. The minimum Gasteiger partial charge on any atom is -0.402 e. The van der Waals surface area contributed by atoms with Gasteiger partial charge in [-0.25, -0.2) is 4.98 Å². The van der Waals surface area contributed by atoms with Crippen LogP contribution in [0, 0.1) is 0 Å². The van der Waals surface area contributed by atoms with Crippen molar-refractivity contribution in [3.05, 3.63) is 95.2 Å². The highest BCUT2D eigenvalue weighted by Gasteiger charge is 2.16. The summed E-state index contributed by atoms with van der Waals surface area (Å²) in [5, 5.41) is 2.97. The second kappa shape index (κ2) is 7.72. The molecule has 1 aliphatic heterocycles. The van der Waals surface area contributed by atoms with E-state index in [1.54, 1.807) is 0 Å². The molecular weight excluding hydrogens is 348 g/mol. The number of nitrogens with two attached hydrogens (primary N) is 1. The second-order valence-corrected chi connectivity index (χ2v) is 7.30. The van der Waals surface area contributed by atoms with Crippen molar-refractivity contribution in [1.29, 1.82) is 0 Å². The fourth-order valence-electron chi connectivity index (χ4n) is 3.66. The Morgan fingerprint density at radius 1 is 1.14 bits per heavy atom. The van der Waals surface area contributed by atoms with Crippen molar-refractivity contribution in [2.45, 2.75) is 32.2 Å². The Morgan fingerprint density at radius 2 is 1.96 bits per heavy atom. The van der Waals surface area contributed by atoms with Gasteiger partial charge in [-0.1, -0.05) is 49.0 Å². The molecule has 2 heterocycles. The van der Waals surface area contributed by atoms with Gasteiger partial charge in [0.05, 0.1) is 12.0 Å². The highest BCUT2D eigenvalue weighted by molar-refractivity contribution is 5.93. The van der Waals surface area contributed by atoms with E-state index in [0.717, 1.165) is 35.5 Å². The molecule has 142 valence electrons. The molecule has 4 rings (SSSR count). The Bertz CT molecular complexity index is 1020. The average Bonchev–Trinajstić information content (AvgIpc) is 3.03. The van der Waals surface area contributed by atoms with Gasteiger partial charge in [-0.05, 0) is 29.2 Å². The molecule has 0 saturated carbocycles. The first kappa shape index (κ1) is 18.0. The molecule has 0 unspecified atom stereocenters. The molecule has 2 aromatic carbocycles. The van der Waals surface area contributed by atoms with Gasteiger partial charge in [-0.2, -0.15) is 0 Å². The van der Waals surface area contributed by atoms with Crippen LogP contribution in [0.2, 0.25) is 0 Å². The van der Waals surface area contributed by atoms with Gasteiger partial charge < -0.3 is 15.6 Å². The lowest BCUT2D eigenvalue weighted by atomic mass is 10.0. The van der Waals surface area contributed by atoms with E-state index in [0.29, 0.717) is 25.1 Å². The topological polar surface area (TPSA) is 72.9 Å². The summed E-state index contributed by atoms with van der Waals surface area (Å²) in [4.78, 5) is 16.4. The van der Waals surface area contributed by atoms with Gasteiger partial charge in [0.25, 0.3) is 0 Å². The molecule has 0 bridgehead atoms. The zero-order chi connectivity index (χ0) is 19.5. The van der Waals surface area contributed by atoms with E-state index in [1.807, 2.05) is 24.5 Å². The van der Waals surface area contributed by atoms with Crippen molar-refractivity contribution < 1.29 is 4.79 Å². The first-order valence-electron chi connectivity index (χ1n) is 9.50. The van der Waals surface area contributed by atoms with Crippen LogP contribution >= 0.6 is 0 Å². The first-order chi connectivity index (χ1) is 13.6. The summed E-state index contributed by atoms with van der Waals surface area (Å²) in [6.45, 7) is 4.56. The Hall–Kier alpha value is -3.34. The summed E-state index contributed by atoms with van der Waals surface area (Å²) in [6.07, 6.45) is 4.57. The number of allylic oxidation sites excluding steroid dienone is 1. The van der Waals surface area contributed by atoms with E-state index < -0.39 is 0 Å². The SMILES string of the molecule is C=C(N)Cc1c(Cc2ccccc2)ncn1Cc1ccc2c(c1)NC(=O)CC2. The third-order valence-corrected chi connectivity index (χ3v) is 5.06. The number of nitrogens with zero attached hydrogens (tertiary/aromatic N) is 2. The van der Waals surface area contributed by atoms with Crippen LogP contribution in [0.25, 0.3) is 0 Å². The van der Waals surface area contributed by atoms with Crippen molar-refractivity contribution >= 4 is 11.6 Å². The third-order valence-electron chi connectivity index (χ3n) is 5.06. The van der Waals surface area contributed by atoms with Gasteiger partial charge in [-0.3, -0.25) is 4.79 Å². The highest BCUT2D eigenvalue weighted by atomic mass is 16.1. The number of fused-ring (bicyclic) bond motifs is 1. The lowest BCUT2D eigenvalue weighted by Crippen LogP contribution is -2.19. The normalized spacial score (nSPS) is 13.1. The van der Waals surface area contributed by atoms with Crippen molar-refractivity contribution in [3.63, 3.8) is 0 Å². The molecule has 5 nitrogen and oxygen atoms in total. The number of rotatable bonds is 6. The van der Waals surface area contributed by atoms with E-state index in [1.165, 1.54) is 11.1 Å². The van der Waals surface area contributed by atoms with E-state index in [4.69, 9.17) is 5.73 Å². The molecule has 1 aliphatic rings. The minimum atomic E-state index is 0.0811. The Morgan fingerprint density at radius 3 is 2.75 bits per heavy atom. The number of benzene rings is 2. The first-order valence-corrected chi connectivity index (χ1v) is 9.50. The molecule has 3 N–H and O–H groups in total. The van der Waals surface area contributed by atoms with Crippen molar-refractivity contribution in [3.8, 4) is 0 Å². The van der Waals surface area contributed by atoms with Crippen LogP contribution in [0.3, 0.4) is 0 Å². The molecule has 1 aromatic heterocycles. The van der Waals surface area contributed by atoms with Crippen LogP contribution in [0.15, 0.2) is 67.1 Å². The van der Waals surface area contributed by atoms with Crippen molar-refractivity contribution in [2.24, 2.45) is 5.73 Å². The largest absolute Gasteiger partial charge is 0.402 e. The molecule has 0 fully saturated rings. The van der Waals surface area contributed by atoms with Gasteiger partial charge in [0.15, 0.2) is 0 Å². The number of hydrogen-bond acceptors (Lipinski definition) is 3. The summed E-state index contributed by atoms with van der Waals surface area (Å²) in [7, 11) is 0. The number of amides is 1. The van der Waals surface area contributed by atoms with E-state index in [2.05, 4.69) is 51.8 Å². The van der Waals surface area contributed by atoms with Crippen LogP contribution in [0.4, 0.5) is 5.69 Å². The quantitative estimate of drug-likeness (QED) is 0.696. The molecule has 0 spiro atoms. The summed E-state index contributed by atoms with van der Waals surface area (Å²) in [5.74, 6) is 0.0811. The second-order valence-electron chi connectivity index (χ2n) is 7.30. The fourth-order valence-corrected chi connectivity index (χ4v) is 3.66. The summed E-state index contributed by atoms with van der Waals surface area (Å²) in [5.41, 5.74) is 13.1. The number of carbonyl (C=O) groups excluding carboxylic acids is 1. The lowest BCUT2D eigenvalue weighted by Gasteiger charge is -2.18. The van der Waals surface area contributed by atoms with Gasteiger partial charge in [-0.15, -0.1) is 0 Å². The summed E-state index contributed by atoms with van der Waals surface area (Å²) >= 11 is 0. The van der Waals surface area contributed by atoms with Gasteiger partial charge in [0.2, 0.25) is 5.91 Å². The molecule has 1 amide bonds. The van der Waals surface area contributed by atoms with Crippen LogP contribution in [-0.2, 0) is 30.6 Å². The van der Waals surface area contributed by atoms with Crippen molar-refractivity contribution in [1.82, 2.24) is 9.55 Å². The lowest BCUT2D eigenvalue weighted by molar-refractivity contribution is -0.116. The number of aromatic nitrogens is 2. The predicted octanol–water partition coefficient (Wildman–Crippen LogP) is 3.42. The van der Waals surface area contributed by atoms with Crippen LogP contribution in [-0.4, -0.2) is 15.5 Å². The van der Waals surface area contributed by atoms with Crippen LogP contribution in [0.1, 0.15) is 34.5 Å². The van der Waals surface area contributed by atoms with E-state index >= 15 is 0 Å². The zero-order valence-corrected chi connectivity index (χ0v) is 15.8. The Balaban J connectivity index is 1.61. The van der Waals surface area contributed by atoms with Gasteiger partial charge in [0, 0.05) is 42.9 Å². The molecule has 0 atom stereocenters. The number of carbonyl (C=O) groups is 1. The Labute approximate surface area is 164 Å². The number of nitrogens with one attached hydrogen (secondary N) is 1. The zero-order valence-electron chi connectivity index (χ0n) is 15.8. The maximum atomic E-state index is 11.7. The predicted molar refractivity (Wildman–Crippen MR) is 111 cm³/mol. The van der Waals surface area contributed by atoms with Gasteiger partial charge >= 0.3 is 0 Å².